The lowest BCUT2D eigenvalue weighted by Crippen LogP contribution is -2.35. The van der Waals surface area contributed by atoms with Crippen molar-refractivity contribution in [1.29, 1.82) is 0 Å². The minimum Gasteiger partial charge on any atom is -0.369 e. The van der Waals surface area contributed by atoms with Crippen LogP contribution in [0, 0.1) is 5.41 Å². The molecule has 108 valence electrons. The van der Waals surface area contributed by atoms with Crippen LogP contribution in [-0.2, 0) is 11.3 Å². The number of carbonyl (C=O) groups excluding carboxylic acids is 1. The number of nitrogen functional groups attached to an aromatic ring is 1. The Labute approximate surface area is 121 Å². The van der Waals surface area contributed by atoms with E-state index in [-0.39, 0.29) is 5.91 Å². The molecule has 3 rings (SSSR count). The van der Waals surface area contributed by atoms with Gasteiger partial charge < -0.3 is 16.0 Å². The van der Waals surface area contributed by atoms with E-state index in [0.717, 1.165) is 16.4 Å². The van der Waals surface area contributed by atoms with Crippen LogP contribution >= 0.6 is 0 Å². The van der Waals surface area contributed by atoms with E-state index in [1.165, 1.54) is 0 Å². The summed E-state index contributed by atoms with van der Waals surface area (Å²) in [5.41, 5.74) is 13.2. The summed E-state index contributed by atoms with van der Waals surface area (Å²) in [6, 6.07) is 7.77. The summed E-state index contributed by atoms with van der Waals surface area (Å²) in [5, 5.41) is 0.958. The normalized spacial score (nSPS) is 12.1. The molecule has 0 radical (unpaired) electrons. The number of imidazole rings is 1. The Kier molecular flexibility index (Phi) is 2.83. The highest BCUT2D eigenvalue weighted by atomic mass is 16.1. The molecule has 0 unspecified atom stereocenters. The molecule has 0 saturated heterocycles. The Morgan fingerprint density at radius 1 is 1.29 bits per heavy atom. The number of hydrogen-bond donors (Lipinski definition) is 2. The number of aromatic nitrogens is 3. The number of carbonyl (C=O) groups is 1. The van der Waals surface area contributed by atoms with E-state index in [1.54, 1.807) is 20.0 Å². The second-order valence-electron chi connectivity index (χ2n) is 5.81. The molecule has 2 aromatic heterocycles. The minimum absolute atomic E-state index is 0.359. The Bertz CT molecular complexity index is 850. The molecule has 0 fully saturated rings. The Morgan fingerprint density at radius 3 is 2.71 bits per heavy atom. The molecule has 1 amide bonds. The number of rotatable bonds is 3. The van der Waals surface area contributed by atoms with E-state index in [4.69, 9.17) is 11.5 Å². The molecule has 0 aliphatic heterocycles. The lowest BCUT2D eigenvalue weighted by molar-refractivity contribution is -0.126. The summed E-state index contributed by atoms with van der Waals surface area (Å²) in [4.78, 5) is 20.3. The number of hydrogen-bond acceptors (Lipinski definition) is 4. The quantitative estimate of drug-likeness (QED) is 0.763. The molecular formula is C15H17N5O. The van der Waals surface area contributed by atoms with E-state index >= 15 is 0 Å². The van der Waals surface area contributed by atoms with Crippen molar-refractivity contribution < 1.29 is 4.79 Å². The highest BCUT2D eigenvalue weighted by molar-refractivity contribution is 6.03. The van der Waals surface area contributed by atoms with Gasteiger partial charge in [-0.1, -0.05) is 18.2 Å². The molecule has 0 saturated carbocycles. The summed E-state index contributed by atoms with van der Waals surface area (Å²) < 4.78 is 1.84. The van der Waals surface area contributed by atoms with Crippen molar-refractivity contribution in [1.82, 2.24) is 14.5 Å². The molecule has 6 heteroatoms. The van der Waals surface area contributed by atoms with E-state index in [1.807, 2.05) is 28.8 Å². The van der Waals surface area contributed by atoms with Gasteiger partial charge in [0, 0.05) is 11.9 Å². The number of amides is 1. The molecule has 0 bridgehead atoms. The van der Waals surface area contributed by atoms with Crippen LogP contribution in [-0.4, -0.2) is 20.4 Å². The van der Waals surface area contributed by atoms with Gasteiger partial charge in [-0.15, -0.1) is 0 Å². The lowest BCUT2D eigenvalue weighted by Gasteiger charge is -2.22. The van der Waals surface area contributed by atoms with Crippen LogP contribution in [0.5, 0.6) is 0 Å². The van der Waals surface area contributed by atoms with Crippen LogP contribution in [0.25, 0.3) is 21.9 Å². The number of nitrogens with two attached hydrogens (primary N) is 2. The summed E-state index contributed by atoms with van der Waals surface area (Å²) >= 11 is 0. The van der Waals surface area contributed by atoms with Crippen molar-refractivity contribution in [3.8, 4) is 0 Å². The zero-order valence-electron chi connectivity index (χ0n) is 12.0. The maximum atomic E-state index is 11.6. The van der Waals surface area contributed by atoms with Crippen LogP contribution in [0.1, 0.15) is 13.8 Å². The summed E-state index contributed by atoms with van der Waals surface area (Å²) in [7, 11) is 0. The second kappa shape index (κ2) is 4.44. The van der Waals surface area contributed by atoms with Crippen molar-refractivity contribution in [3.05, 3.63) is 30.5 Å². The fourth-order valence-corrected chi connectivity index (χ4v) is 2.41. The van der Waals surface area contributed by atoms with Gasteiger partial charge in [0.05, 0.1) is 22.6 Å². The predicted molar refractivity (Wildman–Crippen MR) is 82.4 cm³/mol. The van der Waals surface area contributed by atoms with Gasteiger partial charge in [-0.3, -0.25) is 9.78 Å². The first kappa shape index (κ1) is 13.4. The van der Waals surface area contributed by atoms with Gasteiger partial charge in [0.2, 0.25) is 11.9 Å². The highest BCUT2D eigenvalue weighted by Crippen LogP contribution is 2.29. The van der Waals surface area contributed by atoms with Crippen molar-refractivity contribution in [2.24, 2.45) is 11.1 Å². The van der Waals surface area contributed by atoms with E-state index < -0.39 is 5.41 Å². The van der Waals surface area contributed by atoms with Crippen LogP contribution in [0.4, 0.5) is 5.95 Å². The number of anilines is 1. The molecule has 4 N–H and O–H groups in total. The van der Waals surface area contributed by atoms with Crippen molar-refractivity contribution >= 4 is 33.8 Å². The average molecular weight is 283 g/mol. The van der Waals surface area contributed by atoms with E-state index in [2.05, 4.69) is 9.97 Å². The van der Waals surface area contributed by atoms with Crippen molar-refractivity contribution in [2.75, 3.05) is 5.73 Å². The zero-order valence-corrected chi connectivity index (χ0v) is 12.0. The molecule has 0 aliphatic rings. The number of benzene rings is 1. The molecule has 1 aromatic carbocycles. The molecule has 2 heterocycles. The first-order chi connectivity index (χ1) is 9.90. The molecule has 0 atom stereocenters. The van der Waals surface area contributed by atoms with Crippen molar-refractivity contribution in [2.45, 2.75) is 20.4 Å². The molecular weight excluding hydrogens is 266 g/mol. The average Bonchev–Trinajstić information content (AvgIpc) is 2.75. The topological polar surface area (TPSA) is 99.8 Å². The van der Waals surface area contributed by atoms with E-state index in [9.17, 15) is 4.79 Å². The smallest absolute Gasteiger partial charge is 0.224 e. The molecule has 21 heavy (non-hydrogen) atoms. The molecule has 3 aromatic rings. The Hall–Kier alpha value is -2.63. The maximum Gasteiger partial charge on any atom is 0.224 e. The number of para-hydroxylation sites is 1. The largest absolute Gasteiger partial charge is 0.369 e. The number of nitrogens with zero attached hydrogens (tertiary/aromatic N) is 3. The van der Waals surface area contributed by atoms with Crippen LogP contribution in [0.2, 0.25) is 0 Å². The maximum absolute atomic E-state index is 11.6. The lowest BCUT2D eigenvalue weighted by atomic mass is 9.92. The highest BCUT2D eigenvalue weighted by Gasteiger charge is 2.27. The molecule has 6 nitrogen and oxygen atoms in total. The second-order valence-corrected chi connectivity index (χ2v) is 5.81. The Morgan fingerprint density at radius 2 is 2.00 bits per heavy atom. The molecule has 0 aliphatic carbocycles. The van der Waals surface area contributed by atoms with Crippen LogP contribution in [0.15, 0.2) is 30.5 Å². The zero-order chi connectivity index (χ0) is 15.2. The van der Waals surface area contributed by atoms with E-state index in [0.29, 0.717) is 18.0 Å². The fourth-order valence-electron chi connectivity index (χ4n) is 2.41. The van der Waals surface area contributed by atoms with Crippen LogP contribution < -0.4 is 11.5 Å². The first-order valence-electron chi connectivity index (χ1n) is 6.69. The molecule has 0 spiro atoms. The number of primary amides is 1. The fraction of sp³-hybridized carbons (Fsp3) is 0.267. The Balaban J connectivity index is 2.29. The predicted octanol–water partition coefficient (Wildman–Crippen LogP) is 1.68. The number of fused-ring (bicyclic) bond motifs is 3. The minimum atomic E-state index is -0.716. The first-order valence-corrected chi connectivity index (χ1v) is 6.69. The summed E-state index contributed by atoms with van der Waals surface area (Å²) in [6.45, 7) is 3.96. The van der Waals surface area contributed by atoms with Gasteiger partial charge in [-0.05, 0) is 19.9 Å². The van der Waals surface area contributed by atoms with Gasteiger partial charge in [0.15, 0.2) is 0 Å². The third-order valence-electron chi connectivity index (χ3n) is 3.73. The van der Waals surface area contributed by atoms with Gasteiger partial charge in [-0.2, -0.15) is 0 Å². The van der Waals surface area contributed by atoms with Crippen molar-refractivity contribution in [3.63, 3.8) is 0 Å². The third-order valence-corrected chi connectivity index (χ3v) is 3.73. The van der Waals surface area contributed by atoms with Gasteiger partial charge in [0.1, 0.15) is 5.52 Å². The number of pyridine rings is 1. The van der Waals surface area contributed by atoms with Crippen LogP contribution in [0.3, 0.4) is 0 Å². The third kappa shape index (κ3) is 2.08. The van der Waals surface area contributed by atoms with Gasteiger partial charge >= 0.3 is 0 Å². The summed E-state index contributed by atoms with van der Waals surface area (Å²) in [6.07, 6.45) is 1.70. The van der Waals surface area contributed by atoms with Gasteiger partial charge in [-0.25, -0.2) is 4.98 Å². The van der Waals surface area contributed by atoms with Gasteiger partial charge in [0.25, 0.3) is 0 Å². The summed E-state index contributed by atoms with van der Waals surface area (Å²) in [5.74, 6) is -0.0143. The standard InChI is InChI=1S/C15H17N5O/c1-15(2,13(16)21)8-20-12-9-5-3-4-6-10(9)18-7-11(12)19-14(20)17/h3-7H,8H2,1-2H3,(H2,16,21)(H2,17,19). The SMILES string of the molecule is CC(C)(Cn1c(N)nc2cnc3ccccc3c21)C(N)=O. The monoisotopic (exact) mass is 283 g/mol.